The average Bonchev–Trinajstić information content (AvgIpc) is 2.39. The lowest BCUT2D eigenvalue weighted by atomic mass is 10.1. The molecule has 0 aliphatic rings. The van der Waals surface area contributed by atoms with E-state index in [1.165, 1.54) is 12.1 Å². The molecule has 8 heteroatoms. The normalized spacial score (nSPS) is 13.2. The Morgan fingerprint density at radius 2 is 2.05 bits per heavy atom. The number of ether oxygens (including phenoxy) is 1. The molecule has 1 atom stereocenters. The van der Waals surface area contributed by atoms with E-state index in [4.69, 9.17) is 11.6 Å². The van der Waals surface area contributed by atoms with Gasteiger partial charge >= 0.3 is 5.97 Å². The number of carbonyl (C=O) groups is 1. The van der Waals surface area contributed by atoms with Gasteiger partial charge in [-0.1, -0.05) is 31.5 Å². The molecule has 5 nitrogen and oxygen atoms in total. The molecular weight excluding hydrogens is 321 g/mol. The van der Waals surface area contributed by atoms with E-state index in [0.29, 0.717) is 0 Å². The van der Waals surface area contributed by atoms with Gasteiger partial charge in [0, 0.05) is 0 Å². The maximum atomic E-state index is 13.8. The largest absolute Gasteiger partial charge is 0.468 e. The van der Waals surface area contributed by atoms with Gasteiger partial charge in [-0.25, -0.2) is 12.8 Å². The minimum absolute atomic E-state index is 0.0426. The smallest absolute Gasteiger partial charge is 0.323 e. The Morgan fingerprint density at radius 3 is 2.57 bits per heavy atom. The summed E-state index contributed by atoms with van der Waals surface area (Å²) in [5.41, 5.74) is 0. The van der Waals surface area contributed by atoms with Crippen LogP contribution in [0.5, 0.6) is 0 Å². The number of esters is 1. The summed E-state index contributed by atoms with van der Waals surface area (Å²) in [6.07, 6.45) is 0.230. The highest BCUT2D eigenvalue weighted by molar-refractivity contribution is 7.89. The molecule has 1 unspecified atom stereocenters. The van der Waals surface area contributed by atoms with E-state index in [-0.39, 0.29) is 17.4 Å². The molecule has 118 valence electrons. The predicted molar refractivity (Wildman–Crippen MR) is 77.0 cm³/mol. The first kappa shape index (κ1) is 17.9. The topological polar surface area (TPSA) is 72.5 Å². The lowest BCUT2D eigenvalue weighted by molar-refractivity contribution is -0.143. The van der Waals surface area contributed by atoms with Crippen LogP contribution in [0.15, 0.2) is 23.1 Å². The number of methoxy groups -OCH3 is 1. The van der Waals surface area contributed by atoms with Crippen LogP contribution in [-0.2, 0) is 19.6 Å². The van der Waals surface area contributed by atoms with E-state index < -0.39 is 32.7 Å². The second-order valence-corrected chi connectivity index (χ2v) is 6.97. The fourth-order valence-electron chi connectivity index (χ4n) is 1.75. The Bertz CT molecular complexity index is 619. The van der Waals surface area contributed by atoms with Crippen LogP contribution < -0.4 is 4.72 Å². The SMILES string of the molecule is COC(=O)C(CC(C)C)NS(=O)(=O)c1cccc(Cl)c1F. The monoisotopic (exact) mass is 337 g/mol. The fraction of sp³-hybridized carbons (Fsp3) is 0.462. The van der Waals surface area contributed by atoms with Crippen LogP contribution in [0.2, 0.25) is 5.02 Å². The van der Waals surface area contributed by atoms with Gasteiger partial charge in [-0.15, -0.1) is 0 Å². The van der Waals surface area contributed by atoms with Crippen molar-refractivity contribution in [3.63, 3.8) is 0 Å². The van der Waals surface area contributed by atoms with Crippen molar-refractivity contribution in [1.29, 1.82) is 0 Å². The van der Waals surface area contributed by atoms with Gasteiger partial charge in [0.15, 0.2) is 5.82 Å². The summed E-state index contributed by atoms with van der Waals surface area (Å²) in [6, 6.07) is 2.54. The van der Waals surface area contributed by atoms with E-state index in [0.717, 1.165) is 13.2 Å². The van der Waals surface area contributed by atoms with Crippen LogP contribution in [0.1, 0.15) is 20.3 Å². The molecule has 0 amide bonds. The Balaban J connectivity index is 3.11. The number of carbonyl (C=O) groups excluding carboxylic acids is 1. The van der Waals surface area contributed by atoms with Gasteiger partial charge in [0.05, 0.1) is 12.1 Å². The summed E-state index contributed by atoms with van der Waals surface area (Å²) in [5, 5.41) is -0.309. The van der Waals surface area contributed by atoms with Crippen LogP contribution in [0.4, 0.5) is 4.39 Å². The summed E-state index contributed by atoms with van der Waals surface area (Å²) in [4.78, 5) is 11.0. The first-order valence-electron chi connectivity index (χ1n) is 6.23. The van der Waals surface area contributed by atoms with Crippen LogP contribution in [0.25, 0.3) is 0 Å². The number of hydrogen-bond acceptors (Lipinski definition) is 4. The van der Waals surface area contributed by atoms with Gasteiger partial charge in [-0.2, -0.15) is 4.72 Å². The highest BCUT2D eigenvalue weighted by Gasteiger charge is 2.29. The highest BCUT2D eigenvalue weighted by Crippen LogP contribution is 2.22. The number of benzene rings is 1. The number of hydrogen-bond donors (Lipinski definition) is 1. The molecular formula is C13H17ClFNO4S. The van der Waals surface area contributed by atoms with Gasteiger partial charge in [-0.05, 0) is 24.5 Å². The Morgan fingerprint density at radius 1 is 1.43 bits per heavy atom. The van der Waals surface area contributed by atoms with Gasteiger partial charge < -0.3 is 4.74 Å². The third kappa shape index (κ3) is 4.66. The first-order chi connectivity index (χ1) is 9.69. The average molecular weight is 338 g/mol. The van der Waals surface area contributed by atoms with Crippen molar-refractivity contribution in [1.82, 2.24) is 4.72 Å². The van der Waals surface area contributed by atoms with E-state index in [1.807, 2.05) is 13.8 Å². The van der Waals surface area contributed by atoms with E-state index in [2.05, 4.69) is 9.46 Å². The van der Waals surface area contributed by atoms with Crippen molar-refractivity contribution in [2.45, 2.75) is 31.2 Å². The standard InChI is InChI=1S/C13H17ClFNO4S/c1-8(2)7-10(13(17)20-3)16-21(18,19)11-6-4-5-9(14)12(11)15/h4-6,8,10,16H,7H2,1-3H3. The Kier molecular flexibility index (Phi) is 6.12. The number of halogens is 2. The molecule has 21 heavy (non-hydrogen) atoms. The molecule has 0 saturated carbocycles. The quantitative estimate of drug-likeness (QED) is 0.809. The third-order valence-electron chi connectivity index (χ3n) is 2.70. The Labute approximate surface area is 128 Å². The molecule has 0 spiro atoms. The van der Waals surface area contributed by atoms with Crippen molar-refractivity contribution >= 4 is 27.6 Å². The fourth-order valence-corrected chi connectivity index (χ4v) is 3.28. The van der Waals surface area contributed by atoms with Crippen LogP contribution in [0.3, 0.4) is 0 Å². The van der Waals surface area contributed by atoms with Crippen LogP contribution >= 0.6 is 11.6 Å². The first-order valence-corrected chi connectivity index (χ1v) is 8.09. The zero-order valence-electron chi connectivity index (χ0n) is 11.9. The minimum Gasteiger partial charge on any atom is -0.468 e. The summed E-state index contributed by atoms with van der Waals surface area (Å²) in [6.45, 7) is 3.65. The van der Waals surface area contributed by atoms with Crippen molar-refractivity contribution < 1.29 is 22.3 Å². The van der Waals surface area contributed by atoms with E-state index in [9.17, 15) is 17.6 Å². The highest BCUT2D eigenvalue weighted by atomic mass is 35.5. The number of nitrogens with one attached hydrogen (secondary N) is 1. The second kappa shape index (κ2) is 7.20. The van der Waals surface area contributed by atoms with Crippen molar-refractivity contribution in [3.8, 4) is 0 Å². The van der Waals surface area contributed by atoms with Crippen LogP contribution in [-0.4, -0.2) is 27.5 Å². The van der Waals surface area contributed by atoms with Crippen molar-refractivity contribution in [2.24, 2.45) is 5.92 Å². The molecule has 0 bridgehead atoms. The molecule has 0 aliphatic heterocycles. The van der Waals surface area contributed by atoms with Gasteiger partial charge in [-0.3, -0.25) is 4.79 Å². The second-order valence-electron chi connectivity index (χ2n) is 4.88. The molecule has 1 N–H and O–H groups in total. The third-order valence-corrected chi connectivity index (χ3v) is 4.48. The number of sulfonamides is 1. The van der Waals surface area contributed by atoms with Gasteiger partial charge in [0.1, 0.15) is 10.9 Å². The summed E-state index contributed by atoms with van der Waals surface area (Å²) in [7, 11) is -3.07. The van der Waals surface area contributed by atoms with Crippen molar-refractivity contribution in [2.75, 3.05) is 7.11 Å². The molecule has 1 aromatic carbocycles. The zero-order valence-corrected chi connectivity index (χ0v) is 13.5. The van der Waals surface area contributed by atoms with E-state index in [1.54, 1.807) is 0 Å². The molecule has 0 aliphatic carbocycles. The predicted octanol–water partition coefficient (Wildman–Crippen LogP) is 2.35. The maximum Gasteiger partial charge on any atom is 0.323 e. The molecule has 1 aromatic rings. The molecule has 0 saturated heterocycles. The summed E-state index contributed by atoms with van der Waals surface area (Å²) >= 11 is 5.57. The van der Waals surface area contributed by atoms with Gasteiger partial charge in [0.2, 0.25) is 10.0 Å². The Hall–Kier alpha value is -1.18. The summed E-state index contributed by atoms with van der Waals surface area (Å²) in [5.74, 6) is -1.74. The maximum absolute atomic E-state index is 13.8. The molecule has 0 aromatic heterocycles. The summed E-state index contributed by atoms with van der Waals surface area (Å²) < 4.78 is 44.9. The van der Waals surface area contributed by atoms with Crippen LogP contribution in [0, 0.1) is 11.7 Å². The zero-order chi connectivity index (χ0) is 16.2. The van der Waals surface area contributed by atoms with E-state index >= 15 is 0 Å². The lowest BCUT2D eigenvalue weighted by Crippen LogP contribution is -2.42. The molecule has 0 fully saturated rings. The van der Waals surface area contributed by atoms with Gasteiger partial charge in [0.25, 0.3) is 0 Å². The molecule has 0 radical (unpaired) electrons. The molecule has 0 heterocycles. The number of rotatable bonds is 6. The molecule has 1 rings (SSSR count). The minimum atomic E-state index is -4.22. The lowest BCUT2D eigenvalue weighted by Gasteiger charge is -2.18. The van der Waals surface area contributed by atoms with Crippen molar-refractivity contribution in [3.05, 3.63) is 29.0 Å².